The van der Waals surface area contributed by atoms with Crippen molar-refractivity contribution in [3.8, 4) is 0 Å². The monoisotopic (exact) mass is 233 g/mol. The Labute approximate surface area is 101 Å². The van der Waals surface area contributed by atoms with Gasteiger partial charge in [0.25, 0.3) is 0 Å². The predicted octanol–water partition coefficient (Wildman–Crippen LogP) is 1.95. The van der Waals surface area contributed by atoms with Crippen LogP contribution in [0.5, 0.6) is 0 Å². The van der Waals surface area contributed by atoms with Crippen molar-refractivity contribution in [2.24, 2.45) is 10.8 Å². The Morgan fingerprint density at radius 1 is 1.25 bits per heavy atom. The molecule has 0 aliphatic heterocycles. The molecule has 16 heavy (non-hydrogen) atoms. The standard InChI is InChI=1S/C12H15N3S/c13-12(16)15-14-11-8-4-2-6-9-5-1-3-7-10(9)11/h1,3,5,7H,2,4,6,8H2,(H3,13,15,16). The van der Waals surface area contributed by atoms with Crippen molar-refractivity contribution in [2.45, 2.75) is 25.7 Å². The number of thiocarbonyl (C=S) groups is 1. The SMILES string of the molecule is NC(=S)NN=C1CCCCc2ccccc21. The maximum absolute atomic E-state index is 5.38. The van der Waals surface area contributed by atoms with Crippen molar-refractivity contribution in [1.82, 2.24) is 5.43 Å². The summed E-state index contributed by atoms with van der Waals surface area (Å²) in [5.74, 6) is 0. The summed E-state index contributed by atoms with van der Waals surface area (Å²) < 4.78 is 0. The van der Waals surface area contributed by atoms with Crippen LogP contribution < -0.4 is 11.2 Å². The first-order chi connectivity index (χ1) is 7.77. The summed E-state index contributed by atoms with van der Waals surface area (Å²) in [5.41, 5.74) is 11.7. The summed E-state index contributed by atoms with van der Waals surface area (Å²) in [6, 6.07) is 8.39. The number of rotatable bonds is 1. The van der Waals surface area contributed by atoms with Crippen molar-refractivity contribution < 1.29 is 0 Å². The number of nitrogens with one attached hydrogen (secondary N) is 1. The number of aryl methyl sites for hydroxylation is 1. The molecule has 0 heterocycles. The van der Waals surface area contributed by atoms with Gasteiger partial charge in [0.1, 0.15) is 0 Å². The molecule has 84 valence electrons. The van der Waals surface area contributed by atoms with Crippen LogP contribution in [0.4, 0.5) is 0 Å². The first-order valence-corrected chi connectivity index (χ1v) is 5.88. The van der Waals surface area contributed by atoms with Crippen molar-refractivity contribution in [3.05, 3.63) is 35.4 Å². The van der Waals surface area contributed by atoms with E-state index in [1.165, 1.54) is 17.5 Å². The van der Waals surface area contributed by atoms with Gasteiger partial charge in [-0.05, 0) is 43.5 Å². The van der Waals surface area contributed by atoms with Gasteiger partial charge in [0.2, 0.25) is 0 Å². The van der Waals surface area contributed by atoms with E-state index < -0.39 is 0 Å². The van der Waals surface area contributed by atoms with Gasteiger partial charge in [0, 0.05) is 5.56 Å². The normalized spacial score (nSPS) is 17.6. The van der Waals surface area contributed by atoms with Crippen molar-refractivity contribution >= 4 is 23.0 Å². The highest BCUT2D eigenvalue weighted by Crippen LogP contribution is 2.20. The van der Waals surface area contributed by atoms with Gasteiger partial charge in [0.15, 0.2) is 5.11 Å². The smallest absolute Gasteiger partial charge is 0.184 e. The summed E-state index contributed by atoms with van der Waals surface area (Å²) in [7, 11) is 0. The van der Waals surface area contributed by atoms with E-state index in [0.717, 1.165) is 25.0 Å². The summed E-state index contributed by atoms with van der Waals surface area (Å²) in [6.07, 6.45) is 4.48. The summed E-state index contributed by atoms with van der Waals surface area (Å²) in [4.78, 5) is 0. The van der Waals surface area contributed by atoms with Gasteiger partial charge in [-0.15, -0.1) is 0 Å². The van der Waals surface area contributed by atoms with Crippen LogP contribution in [0.3, 0.4) is 0 Å². The third-order valence-corrected chi connectivity index (χ3v) is 2.83. The number of fused-ring (bicyclic) bond motifs is 1. The van der Waals surface area contributed by atoms with Gasteiger partial charge >= 0.3 is 0 Å². The average molecular weight is 233 g/mol. The molecule has 1 aromatic carbocycles. The Morgan fingerprint density at radius 3 is 2.81 bits per heavy atom. The fraction of sp³-hybridized carbons (Fsp3) is 0.333. The lowest BCUT2D eigenvalue weighted by atomic mass is 10.0. The second kappa shape index (κ2) is 5.07. The molecule has 0 atom stereocenters. The first-order valence-electron chi connectivity index (χ1n) is 5.47. The lowest BCUT2D eigenvalue weighted by Gasteiger charge is -2.07. The van der Waals surface area contributed by atoms with E-state index in [4.69, 9.17) is 18.0 Å². The van der Waals surface area contributed by atoms with Crippen LogP contribution >= 0.6 is 12.2 Å². The number of hydrogen-bond acceptors (Lipinski definition) is 2. The van der Waals surface area contributed by atoms with Crippen molar-refractivity contribution in [2.75, 3.05) is 0 Å². The maximum Gasteiger partial charge on any atom is 0.184 e. The van der Waals surface area contributed by atoms with E-state index in [9.17, 15) is 0 Å². The second-order valence-electron chi connectivity index (χ2n) is 3.90. The quantitative estimate of drug-likeness (QED) is 0.443. The van der Waals surface area contributed by atoms with Crippen LogP contribution in [-0.4, -0.2) is 10.8 Å². The molecule has 0 amide bonds. The highest BCUT2D eigenvalue weighted by Gasteiger charge is 2.12. The molecule has 0 unspecified atom stereocenters. The van der Waals surface area contributed by atoms with Crippen LogP contribution in [0.25, 0.3) is 0 Å². The fourth-order valence-electron chi connectivity index (χ4n) is 2.00. The molecule has 0 aromatic heterocycles. The molecular weight excluding hydrogens is 218 g/mol. The van der Waals surface area contributed by atoms with E-state index >= 15 is 0 Å². The molecule has 2 rings (SSSR count). The van der Waals surface area contributed by atoms with Gasteiger partial charge < -0.3 is 5.73 Å². The first kappa shape index (κ1) is 11.1. The Hall–Kier alpha value is -1.42. The summed E-state index contributed by atoms with van der Waals surface area (Å²) in [6.45, 7) is 0. The van der Waals surface area contributed by atoms with Gasteiger partial charge in [-0.2, -0.15) is 5.10 Å². The lowest BCUT2D eigenvalue weighted by molar-refractivity contribution is 0.774. The highest BCUT2D eigenvalue weighted by molar-refractivity contribution is 7.80. The van der Waals surface area contributed by atoms with E-state index in [-0.39, 0.29) is 5.11 Å². The van der Waals surface area contributed by atoms with Crippen LogP contribution in [0.15, 0.2) is 29.4 Å². The van der Waals surface area contributed by atoms with Gasteiger partial charge in [0.05, 0.1) is 5.71 Å². The topological polar surface area (TPSA) is 50.4 Å². The molecule has 0 bridgehead atoms. The minimum Gasteiger partial charge on any atom is -0.375 e. The molecule has 0 fully saturated rings. The Kier molecular flexibility index (Phi) is 3.51. The molecule has 0 radical (unpaired) electrons. The summed E-state index contributed by atoms with van der Waals surface area (Å²) in [5, 5.41) is 4.50. The summed E-state index contributed by atoms with van der Waals surface area (Å²) >= 11 is 4.76. The fourth-order valence-corrected chi connectivity index (χ4v) is 2.05. The largest absolute Gasteiger partial charge is 0.375 e. The van der Waals surface area contributed by atoms with Crippen LogP contribution in [-0.2, 0) is 6.42 Å². The third-order valence-electron chi connectivity index (χ3n) is 2.74. The molecule has 1 aliphatic carbocycles. The zero-order valence-electron chi connectivity index (χ0n) is 9.07. The zero-order chi connectivity index (χ0) is 11.4. The van der Waals surface area contributed by atoms with E-state index in [1.54, 1.807) is 0 Å². The number of hydrazone groups is 1. The Morgan fingerprint density at radius 2 is 2.00 bits per heavy atom. The van der Waals surface area contributed by atoms with Crippen LogP contribution in [0, 0.1) is 0 Å². The van der Waals surface area contributed by atoms with E-state index in [1.807, 2.05) is 6.07 Å². The second-order valence-corrected chi connectivity index (χ2v) is 4.34. The molecule has 0 spiro atoms. The molecule has 0 saturated heterocycles. The highest BCUT2D eigenvalue weighted by atomic mass is 32.1. The number of hydrogen-bond donors (Lipinski definition) is 2. The Bertz CT molecular complexity index is 426. The van der Waals surface area contributed by atoms with Crippen molar-refractivity contribution in [3.63, 3.8) is 0 Å². The zero-order valence-corrected chi connectivity index (χ0v) is 9.89. The molecule has 3 nitrogen and oxygen atoms in total. The van der Waals surface area contributed by atoms with Gasteiger partial charge in [-0.25, -0.2) is 0 Å². The lowest BCUT2D eigenvalue weighted by Crippen LogP contribution is -2.25. The van der Waals surface area contributed by atoms with E-state index in [0.29, 0.717) is 0 Å². The van der Waals surface area contributed by atoms with Crippen LogP contribution in [0.1, 0.15) is 30.4 Å². The molecular formula is C12H15N3S. The van der Waals surface area contributed by atoms with Crippen LogP contribution in [0.2, 0.25) is 0 Å². The molecule has 4 heteroatoms. The molecule has 0 saturated carbocycles. The predicted molar refractivity (Wildman–Crippen MR) is 70.5 cm³/mol. The Balaban J connectivity index is 2.32. The average Bonchev–Trinajstić information content (AvgIpc) is 2.48. The minimum absolute atomic E-state index is 0.217. The maximum atomic E-state index is 5.38. The molecule has 3 N–H and O–H groups in total. The molecule has 1 aromatic rings. The number of benzene rings is 1. The minimum atomic E-state index is 0.217. The van der Waals surface area contributed by atoms with Crippen molar-refractivity contribution in [1.29, 1.82) is 0 Å². The molecule has 1 aliphatic rings. The van der Waals surface area contributed by atoms with Gasteiger partial charge in [-0.3, -0.25) is 5.43 Å². The van der Waals surface area contributed by atoms with Gasteiger partial charge in [-0.1, -0.05) is 24.3 Å². The third kappa shape index (κ3) is 2.58. The number of nitrogens with two attached hydrogens (primary N) is 1. The van der Waals surface area contributed by atoms with E-state index in [2.05, 4.69) is 28.7 Å². The number of nitrogens with zero attached hydrogens (tertiary/aromatic N) is 1.